The Bertz CT molecular complexity index is 868. The molecular formula is C17H22N6O. The first-order chi connectivity index (χ1) is 11.7. The van der Waals surface area contributed by atoms with E-state index in [-0.39, 0.29) is 12.6 Å². The molecule has 1 aromatic carbocycles. The number of aliphatic hydroxyl groups excluding tert-OH is 1. The predicted molar refractivity (Wildman–Crippen MR) is 93.4 cm³/mol. The third-order valence-corrected chi connectivity index (χ3v) is 4.75. The highest BCUT2D eigenvalue weighted by Crippen LogP contribution is 2.23. The molecule has 0 unspecified atom stereocenters. The summed E-state index contributed by atoms with van der Waals surface area (Å²) in [5.41, 5.74) is 1.80. The van der Waals surface area contributed by atoms with Gasteiger partial charge in [-0.2, -0.15) is 4.52 Å². The van der Waals surface area contributed by atoms with Crippen LogP contribution in [-0.4, -0.2) is 68.4 Å². The molecule has 1 saturated heterocycles. The minimum Gasteiger partial charge on any atom is -0.395 e. The Morgan fingerprint density at radius 1 is 1.12 bits per heavy atom. The van der Waals surface area contributed by atoms with Crippen LogP contribution in [0.25, 0.3) is 16.6 Å². The van der Waals surface area contributed by atoms with Crippen LogP contribution in [0.5, 0.6) is 0 Å². The van der Waals surface area contributed by atoms with Crippen LogP contribution in [0, 0.1) is 6.92 Å². The van der Waals surface area contributed by atoms with Gasteiger partial charge in [0, 0.05) is 37.6 Å². The van der Waals surface area contributed by atoms with Gasteiger partial charge in [-0.25, -0.2) is 9.97 Å². The Balaban J connectivity index is 1.73. The number of nitrogens with zero attached hydrogens (tertiary/aromatic N) is 6. The van der Waals surface area contributed by atoms with Gasteiger partial charge in [0.15, 0.2) is 5.65 Å². The number of rotatable bonds is 3. The second-order valence-corrected chi connectivity index (χ2v) is 6.38. The van der Waals surface area contributed by atoms with E-state index in [9.17, 15) is 5.11 Å². The Morgan fingerprint density at radius 2 is 1.88 bits per heavy atom. The Morgan fingerprint density at radius 3 is 2.62 bits per heavy atom. The lowest BCUT2D eigenvalue weighted by Crippen LogP contribution is -2.51. The van der Waals surface area contributed by atoms with Crippen molar-refractivity contribution in [3.63, 3.8) is 0 Å². The lowest BCUT2D eigenvalue weighted by Gasteiger charge is -2.37. The number of anilines is 1. The van der Waals surface area contributed by atoms with Gasteiger partial charge in [0.25, 0.3) is 0 Å². The monoisotopic (exact) mass is 326 g/mol. The molecule has 2 aromatic heterocycles. The summed E-state index contributed by atoms with van der Waals surface area (Å²) in [6.45, 7) is 7.71. The standard InChI is InChI=1S/C17H22N6O/c1-12(11-24)21-7-9-22(10-8-21)17-19-15-6-4-3-5-14(15)16-18-13(2)20-23(16)17/h3-6,12,24H,7-11H2,1-2H3/t12-/m1/s1. The largest absolute Gasteiger partial charge is 0.395 e. The third-order valence-electron chi connectivity index (χ3n) is 4.75. The smallest absolute Gasteiger partial charge is 0.229 e. The van der Waals surface area contributed by atoms with Crippen LogP contribution in [0.1, 0.15) is 12.7 Å². The van der Waals surface area contributed by atoms with Crippen molar-refractivity contribution in [1.29, 1.82) is 0 Å². The van der Waals surface area contributed by atoms with E-state index in [1.165, 1.54) is 0 Å². The van der Waals surface area contributed by atoms with Crippen molar-refractivity contribution in [2.24, 2.45) is 0 Å². The van der Waals surface area contributed by atoms with Crippen LogP contribution >= 0.6 is 0 Å². The fourth-order valence-corrected chi connectivity index (χ4v) is 3.33. The average Bonchev–Trinajstić information content (AvgIpc) is 3.02. The fraction of sp³-hybridized carbons (Fsp3) is 0.471. The molecule has 126 valence electrons. The minimum absolute atomic E-state index is 0.195. The number of aromatic nitrogens is 4. The van der Waals surface area contributed by atoms with Gasteiger partial charge in [-0.3, -0.25) is 4.90 Å². The topological polar surface area (TPSA) is 69.8 Å². The van der Waals surface area contributed by atoms with Crippen LogP contribution in [0.2, 0.25) is 0 Å². The van der Waals surface area contributed by atoms with Crippen molar-refractivity contribution in [3.8, 4) is 0 Å². The molecule has 0 spiro atoms. The molecule has 1 fully saturated rings. The van der Waals surface area contributed by atoms with Gasteiger partial charge in [0.05, 0.1) is 12.1 Å². The summed E-state index contributed by atoms with van der Waals surface area (Å²) in [4.78, 5) is 14.0. The maximum atomic E-state index is 9.34. The normalized spacial score (nSPS) is 17.7. The van der Waals surface area contributed by atoms with Crippen LogP contribution < -0.4 is 4.90 Å². The molecule has 0 radical (unpaired) electrons. The molecule has 4 rings (SSSR count). The van der Waals surface area contributed by atoms with Crippen LogP contribution in [0.3, 0.4) is 0 Å². The van der Waals surface area contributed by atoms with E-state index in [0.29, 0.717) is 0 Å². The minimum atomic E-state index is 0.195. The van der Waals surface area contributed by atoms with Gasteiger partial charge >= 0.3 is 0 Å². The number of fused-ring (bicyclic) bond motifs is 3. The quantitative estimate of drug-likeness (QED) is 0.777. The highest BCUT2D eigenvalue weighted by Gasteiger charge is 2.24. The summed E-state index contributed by atoms with van der Waals surface area (Å²) in [5.74, 6) is 1.60. The van der Waals surface area contributed by atoms with Crippen molar-refractivity contribution in [2.75, 3.05) is 37.7 Å². The van der Waals surface area contributed by atoms with E-state index in [2.05, 4.69) is 26.8 Å². The molecule has 1 aliphatic heterocycles. The van der Waals surface area contributed by atoms with Gasteiger partial charge in [-0.15, -0.1) is 5.10 Å². The molecule has 24 heavy (non-hydrogen) atoms. The molecule has 1 atom stereocenters. The molecule has 3 aromatic rings. The molecule has 3 heterocycles. The summed E-state index contributed by atoms with van der Waals surface area (Å²) in [6, 6.07) is 8.26. The molecule has 1 N–H and O–H groups in total. The molecule has 1 aliphatic rings. The van der Waals surface area contributed by atoms with E-state index in [0.717, 1.165) is 54.5 Å². The Hall–Kier alpha value is -2.25. The van der Waals surface area contributed by atoms with E-state index in [4.69, 9.17) is 4.98 Å². The number of hydrogen-bond donors (Lipinski definition) is 1. The lowest BCUT2D eigenvalue weighted by atomic mass is 10.2. The molecule has 0 amide bonds. The fourth-order valence-electron chi connectivity index (χ4n) is 3.33. The van der Waals surface area contributed by atoms with Gasteiger partial charge in [0.1, 0.15) is 5.82 Å². The average molecular weight is 326 g/mol. The number of para-hydroxylation sites is 1. The predicted octanol–water partition coefficient (Wildman–Crippen LogP) is 1.09. The van der Waals surface area contributed by atoms with Crippen LogP contribution in [-0.2, 0) is 0 Å². The summed E-state index contributed by atoms with van der Waals surface area (Å²) in [7, 11) is 0. The first-order valence-corrected chi connectivity index (χ1v) is 8.39. The molecule has 0 bridgehead atoms. The van der Waals surface area contributed by atoms with Crippen molar-refractivity contribution >= 4 is 22.5 Å². The first kappa shape index (κ1) is 15.3. The maximum Gasteiger partial charge on any atom is 0.229 e. The van der Waals surface area contributed by atoms with E-state index >= 15 is 0 Å². The number of benzene rings is 1. The van der Waals surface area contributed by atoms with Crippen LogP contribution in [0.15, 0.2) is 24.3 Å². The Kier molecular flexibility index (Phi) is 3.82. The number of aryl methyl sites for hydroxylation is 1. The van der Waals surface area contributed by atoms with Gasteiger partial charge < -0.3 is 10.0 Å². The molecule has 0 aliphatic carbocycles. The van der Waals surface area contributed by atoms with E-state index in [1.807, 2.05) is 35.7 Å². The zero-order valence-corrected chi connectivity index (χ0v) is 14.1. The van der Waals surface area contributed by atoms with E-state index in [1.54, 1.807) is 0 Å². The van der Waals surface area contributed by atoms with E-state index < -0.39 is 0 Å². The molecule has 0 saturated carbocycles. The van der Waals surface area contributed by atoms with Gasteiger partial charge in [-0.05, 0) is 26.0 Å². The van der Waals surface area contributed by atoms with Gasteiger partial charge in [0.2, 0.25) is 5.95 Å². The number of aliphatic hydroxyl groups is 1. The second-order valence-electron chi connectivity index (χ2n) is 6.38. The van der Waals surface area contributed by atoms with Crippen molar-refractivity contribution in [2.45, 2.75) is 19.9 Å². The summed E-state index contributed by atoms with van der Waals surface area (Å²) < 4.78 is 1.86. The van der Waals surface area contributed by atoms with Crippen molar-refractivity contribution in [1.82, 2.24) is 24.5 Å². The Labute approximate surface area is 140 Å². The summed E-state index contributed by atoms with van der Waals surface area (Å²) in [5, 5.41) is 14.9. The van der Waals surface area contributed by atoms with Crippen molar-refractivity contribution in [3.05, 3.63) is 30.1 Å². The molecule has 7 heteroatoms. The SMILES string of the molecule is Cc1nc2c3ccccc3nc(N3CCN([C@H](C)CO)CC3)n2n1. The number of piperazine rings is 1. The first-order valence-electron chi connectivity index (χ1n) is 8.39. The zero-order valence-electron chi connectivity index (χ0n) is 14.1. The highest BCUT2D eigenvalue weighted by molar-refractivity contribution is 5.92. The third kappa shape index (κ3) is 2.50. The highest BCUT2D eigenvalue weighted by atomic mass is 16.3. The van der Waals surface area contributed by atoms with Crippen molar-refractivity contribution < 1.29 is 5.11 Å². The van der Waals surface area contributed by atoms with Gasteiger partial charge in [-0.1, -0.05) is 12.1 Å². The molecule has 7 nitrogen and oxygen atoms in total. The summed E-state index contributed by atoms with van der Waals surface area (Å²) in [6.07, 6.45) is 0. The lowest BCUT2D eigenvalue weighted by molar-refractivity contribution is 0.128. The molecular weight excluding hydrogens is 304 g/mol. The van der Waals surface area contributed by atoms with Crippen LogP contribution in [0.4, 0.5) is 5.95 Å². The summed E-state index contributed by atoms with van der Waals surface area (Å²) >= 11 is 0. The zero-order chi connectivity index (χ0) is 16.7. The second kappa shape index (κ2) is 5.99. The number of hydrogen-bond acceptors (Lipinski definition) is 6. The maximum absolute atomic E-state index is 9.34.